The number of amidine groups is 2. The van der Waals surface area contributed by atoms with Gasteiger partial charge in [-0.05, 0) is 61.5 Å². The molecule has 2 aliphatic rings. The molecule has 0 bridgehead atoms. The smallest absolute Gasteiger partial charge is 0.433 e. The lowest BCUT2D eigenvalue weighted by Gasteiger charge is -2.39. The molecule has 0 spiro atoms. The third-order valence-electron chi connectivity index (χ3n) is 7.05. The van der Waals surface area contributed by atoms with E-state index in [0.717, 1.165) is 34.1 Å². The summed E-state index contributed by atoms with van der Waals surface area (Å²) in [6.07, 6.45) is 0. The van der Waals surface area contributed by atoms with Crippen LogP contribution in [-0.2, 0) is 0 Å². The normalized spacial score (nSPS) is 15.3. The molecule has 0 radical (unpaired) electrons. The van der Waals surface area contributed by atoms with Crippen LogP contribution < -0.4 is 15.0 Å². The van der Waals surface area contributed by atoms with Crippen molar-refractivity contribution in [3.8, 4) is 11.4 Å². The number of aromatic nitrogens is 2. The Balaban J connectivity index is 1.47. The molecule has 0 saturated carbocycles. The van der Waals surface area contributed by atoms with Gasteiger partial charge in [0.05, 0.1) is 41.5 Å². The Labute approximate surface area is 234 Å². The lowest BCUT2D eigenvalue weighted by molar-refractivity contribution is -0.402. The van der Waals surface area contributed by atoms with E-state index in [1.54, 1.807) is 17.9 Å². The molecule has 202 valence electrons. The molecule has 7 rings (SSSR count). The van der Waals surface area contributed by atoms with Crippen molar-refractivity contribution in [3.63, 3.8) is 0 Å². The maximum Gasteiger partial charge on any atom is 0.433 e. The topological polar surface area (TPSA) is 123 Å². The largest absolute Gasteiger partial charge is 0.497 e. The SMILES string of the molecule is COc1ccc(NC2=Nc3ccccc3N3C2=Nc2c(c(C)nn2-c2ccccc2)[C@@H]3c2ccc([N+](=O)[O-])o2)cc1. The summed E-state index contributed by atoms with van der Waals surface area (Å²) in [5.41, 5.74) is 4.62. The van der Waals surface area contributed by atoms with Crippen LogP contribution in [0.1, 0.15) is 23.1 Å². The predicted molar refractivity (Wildman–Crippen MR) is 155 cm³/mol. The minimum atomic E-state index is -0.604. The van der Waals surface area contributed by atoms with Gasteiger partial charge in [0.1, 0.15) is 22.5 Å². The molecule has 3 aromatic carbocycles. The van der Waals surface area contributed by atoms with E-state index < -0.39 is 11.0 Å². The summed E-state index contributed by atoms with van der Waals surface area (Å²) in [4.78, 5) is 23.2. The Morgan fingerprint density at radius 3 is 2.44 bits per heavy atom. The zero-order chi connectivity index (χ0) is 28.1. The van der Waals surface area contributed by atoms with Crippen molar-refractivity contribution in [2.24, 2.45) is 9.98 Å². The molecule has 41 heavy (non-hydrogen) atoms. The molecular weight excluding hydrogens is 522 g/mol. The Hall–Kier alpha value is -5.71. The van der Waals surface area contributed by atoms with Crippen LogP contribution in [-0.4, -0.2) is 33.5 Å². The third kappa shape index (κ3) is 4.02. The number of furan rings is 1. The van der Waals surface area contributed by atoms with E-state index in [1.807, 2.05) is 90.7 Å². The van der Waals surface area contributed by atoms with Gasteiger partial charge in [-0.25, -0.2) is 14.7 Å². The molecule has 0 fully saturated rings. The van der Waals surface area contributed by atoms with E-state index >= 15 is 0 Å². The second kappa shape index (κ2) is 9.49. The predicted octanol–water partition coefficient (Wildman–Crippen LogP) is 6.49. The highest BCUT2D eigenvalue weighted by atomic mass is 16.6. The first kappa shape index (κ1) is 24.3. The van der Waals surface area contributed by atoms with Crippen molar-refractivity contribution in [2.75, 3.05) is 17.3 Å². The molecule has 0 unspecified atom stereocenters. The molecule has 4 heterocycles. The second-order valence-electron chi connectivity index (χ2n) is 9.51. The number of fused-ring (bicyclic) bond motifs is 4. The van der Waals surface area contributed by atoms with E-state index in [2.05, 4.69) is 5.32 Å². The van der Waals surface area contributed by atoms with Gasteiger partial charge in [0.25, 0.3) is 0 Å². The summed E-state index contributed by atoms with van der Waals surface area (Å²) in [7, 11) is 1.62. The van der Waals surface area contributed by atoms with E-state index in [4.69, 9.17) is 24.2 Å². The van der Waals surface area contributed by atoms with Crippen molar-refractivity contribution < 1.29 is 14.1 Å². The summed E-state index contributed by atoms with van der Waals surface area (Å²) in [6.45, 7) is 1.91. The molecule has 1 N–H and O–H groups in total. The van der Waals surface area contributed by atoms with Gasteiger partial charge in [0, 0.05) is 5.69 Å². The number of nitro groups is 1. The zero-order valence-corrected chi connectivity index (χ0v) is 22.1. The van der Waals surface area contributed by atoms with E-state index in [0.29, 0.717) is 28.9 Å². The molecule has 1 atom stereocenters. The molecule has 11 heteroatoms. The Morgan fingerprint density at radius 1 is 0.951 bits per heavy atom. The number of aryl methyl sites for hydroxylation is 1. The average molecular weight is 546 g/mol. The van der Waals surface area contributed by atoms with Crippen LogP contribution in [0.25, 0.3) is 5.69 Å². The minimum Gasteiger partial charge on any atom is -0.497 e. The number of rotatable bonds is 5. The van der Waals surface area contributed by atoms with Gasteiger partial charge in [-0.1, -0.05) is 30.3 Å². The van der Waals surface area contributed by atoms with Crippen LogP contribution in [0.2, 0.25) is 0 Å². The maximum atomic E-state index is 11.6. The van der Waals surface area contributed by atoms with Crippen molar-refractivity contribution in [1.29, 1.82) is 0 Å². The molecule has 11 nitrogen and oxygen atoms in total. The van der Waals surface area contributed by atoms with Gasteiger partial charge in [0.15, 0.2) is 17.5 Å². The lowest BCUT2D eigenvalue weighted by atomic mass is 9.98. The zero-order valence-electron chi connectivity index (χ0n) is 22.1. The lowest BCUT2D eigenvalue weighted by Crippen LogP contribution is -2.46. The van der Waals surface area contributed by atoms with Crippen molar-refractivity contribution in [2.45, 2.75) is 13.0 Å². The maximum absolute atomic E-state index is 11.6. The number of hydrogen-bond donors (Lipinski definition) is 1. The molecule has 2 aliphatic heterocycles. The Morgan fingerprint density at radius 2 is 1.71 bits per heavy atom. The van der Waals surface area contributed by atoms with Gasteiger partial charge in [0.2, 0.25) is 0 Å². The van der Waals surface area contributed by atoms with Crippen molar-refractivity contribution >= 4 is 40.4 Å². The summed E-state index contributed by atoms with van der Waals surface area (Å²) < 4.78 is 12.9. The van der Waals surface area contributed by atoms with Crippen LogP contribution in [0.3, 0.4) is 0 Å². The highest BCUT2D eigenvalue weighted by molar-refractivity contribution is 6.51. The molecule has 5 aromatic rings. The number of para-hydroxylation sites is 3. The first-order chi connectivity index (χ1) is 20.0. The fraction of sp³-hybridized carbons (Fsp3) is 0.100. The van der Waals surface area contributed by atoms with Gasteiger partial charge < -0.3 is 19.4 Å². The molecule has 0 saturated heterocycles. The number of benzene rings is 3. The summed E-state index contributed by atoms with van der Waals surface area (Å²) in [5, 5.41) is 19.9. The Kier molecular flexibility index (Phi) is 5.63. The highest BCUT2D eigenvalue weighted by Gasteiger charge is 2.43. The first-order valence-corrected chi connectivity index (χ1v) is 12.9. The third-order valence-corrected chi connectivity index (χ3v) is 7.05. The summed E-state index contributed by atoms with van der Waals surface area (Å²) in [5.74, 6) is 2.40. The number of hydrogen-bond acceptors (Lipinski definition) is 9. The number of anilines is 2. The number of nitrogens with one attached hydrogen (secondary N) is 1. The van der Waals surface area contributed by atoms with Crippen LogP contribution in [0.15, 0.2) is 105 Å². The molecule has 0 amide bonds. The fourth-order valence-corrected chi connectivity index (χ4v) is 5.21. The minimum absolute atomic E-state index is 0.339. The van der Waals surface area contributed by atoms with Gasteiger partial charge in [-0.15, -0.1) is 0 Å². The molecule has 0 aliphatic carbocycles. The van der Waals surface area contributed by atoms with Crippen LogP contribution in [0, 0.1) is 17.0 Å². The Bertz CT molecular complexity index is 1860. The van der Waals surface area contributed by atoms with Gasteiger partial charge in [-0.3, -0.25) is 10.1 Å². The van der Waals surface area contributed by atoms with Crippen molar-refractivity contribution in [1.82, 2.24) is 9.78 Å². The molecular formula is C30H23N7O4. The van der Waals surface area contributed by atoms with E-state index in [1.165, 1.54) is 6.07 Å². The fourth-order valence-electron chi connectivity index (χ4n) is 5.21. The van der Waals surface area contributed by atoms with Gasteiger partial charge >= 0.3 is 5.88 Å². The number of aliphatic imine (C=N–C) groups is 2. The first-order valence-electron chi connectivity index (χ1n) is 12.9. The van der Waals surface area contributed by atoms with Crippen LogP contribution >= 0.6 is 0 Å². The average Bonchev–Trinajstić information content (AvgIpc) is 3.62. The van der Waals surface area contributed by atoms with E-state index in [-0.39, 0.29) is 5.88 Å². The molecule has 2 aromatic heterocycles. The number of ether oxygens (including phenoxy) is 1. The van der Waals surface area contributed by atoms with E-state index in [9.17, 15) is 10.1 Å². The summed E-state index contributed by atoms with van der Waals surface area (Å²) in [6, 6.07) is 27.3. The summed E-state index contributed by atoms with van der Waals surface area (Å²) >= 11 is 0. The van der Waals surface area contributed by atoms with Crippen LogP contribution in [0.4, 0.5) is 28.8 Å². The van der Waals surface area contributed by atoms with Crippen LogP contribution in [0.5, 0.6) is 5.75 Å². The van der Waals surface area contributed by atoms with Gasteiger partial charge in [-0.2, -0.15) is 5.10 Å². The standard InChI is InChI=1S/C30H23N7O4/c1-18-26-27(24-16-17-25(41-24)37(38)39)35-23-11-7-6-10-22(23)32-28(31-19-12-14-21(40-2)15-13-19)30(35)33-29(26)36(34-18)20-8-4-3-5-9-20/h3-17,27H,1-2H3,(H,31,32)/t27-/m0/s1. The quantitative estimate of drug-likeness (QED) is 0.198. The monoisotopic (exact) mass is 545 g/mol. The number of nitrogens with zero attached hydrogens (tertiary/aromatic N) is 6. The highest BCUT2D eigenvalue weighted by Crippen LogP contribution is 2.48. The number of methoxy groups -OCH3 is 1. The van der Waals surface area contributed by atoms with Crippen molar-refractivity contribution in [3.05, 3.63) is 118 Å². The second-order valence-corrected chi connectivity index (χ2v) is 9.51.